The van der Waals surface area contributed by atoms with E-state index in [9.17, 15) is 14.3 Å². The van der Waals surface area contributed by atoms with Gasteiger partial charge in [0.05, 0.1) is 11.2 Å². The summed E-state index contributed by atoms with van der Waals surface area (Å²) in [6.07, 6.45) is 0. The summed E-state index contributed by atoms with van der Waals surface area (Å²) < 4.78 is 13.4. The highest BCUT2D eigenvalue weighted by Gasteiger charge is 2.23. The minimum Gasteiger partial charge on any atom is -0.508 e. The second kappa shape index (κ2) is 5.99. The van der Waals surface area contributed by atoms with Crippen LogP contribution in [0.1, 0.15) is 17.3 Å². The Kier molecular flexibility index (Phi) is 4.85. The van der Waals surface area contributed by atoms with Crippen LogP contribution in [0.4, 0.5) is 4.39 Å². The number of nitrogens with zero attached hydrogens (tertiary/aromatic N) is 1. The molecule has 0 saturated heterocycles. The first-order valence-electron chi connectivity index (χ1n) is 5.85. The number of benzene rings is 1. The summed E-state index contributed by atoms with van der Waals surface area (Å²) >= 11 is 0. The van der Waals surface area contributed by atoms with Crippen LogP contribution in [0.3, 0.4) is 0 Å². The van der Waals surface area contributed by atoms with Crippen molar-refractivity contribution in [3.8, 4) is 5.75 Å². The molecule has 0 aliphatic heterocycles. The molecular formula is C13H19FN2O3. The maximum atomic E-state index is 13.4. The molecule has 0 aromatic heterocycles. The zero-order valence-electron chi connectivity index (χ0n) is 11.3. The van der Waals surface area contributed by atoms with E-state index >= 15 is 0 Å². The number of phenols is 1. The molecular weight excluding hydrogens is 251 g/mol. The number of amides is 1. The summed E-state index contributed by atoms with van der Waals surface area (Å²) in [4.78, 5) is 13.5. The number of nitrogens with one attached hydrogen (secondary N) is 1. The lowest BCUT2D eigenvalue weighted by atomic mass is 10.1. The Morgan fingerprint density at radius 3 is 2.63 bits per heavy atom. The summed E-state index contributed by atoms with van der Waals surface area (Å²) in [7, 11) is 3.60. The van der Waals surface area contributed by atoms with E-state index in [4.69, 9.17) is 5.11 Å². The molecule has 0 fully saturated rings. The van der Waals surface area contributed by atoms with E-state index in [1.54, 1.807) is 25.9 Å². The van der Waals surface area contributed by atoms with Crippen molar-refractivity contribution in [3.05, 3.63) is 29.6 Å². The van der Waals surface area contributed by atoms with Crippen molar-refractivity contribution in [2.75, 3.05) is 27.2 Å². The van der Waals surface area contributed by atoms with Gasteiger partial charge in [-0.2, -0.15) is 0 Å². The van der Waals surface area contributed by atoms with Crippen molar-refractivity contribution < 1.29 is 19.4 Å². The van der Waals surface area contributed by atoms with Gasteiger partial charge < -0.3 is 20.4 Å². The Balaban J connectivity index is 2.65. The van der Waals surface area contributed by atoms with Crippen LogP contribution in [-0.4, -0.2) is 53.8 Å². The number of likely N-dealkylation sites (N-methyl/N-ethyl adjacent to an activating group) is 1. The van der Waals surface area contributed by atoms with Gasteiger partial charge in [-0.1, -0.05) is 0 Å². The SMILES string of the molecule is CN(C)CC(C)(O)CNC(=O)c1ccc(O)cc1F. The quantitative estimate of drug-likeness (QED) is 0.731. The van der Waals surface area contributed by atoms with Crippen LogP contribution in [0.2, 0.25) is 0 Å². The van der Waals surface area contributed by atoms with Crippen molar-refractivity contribution in [2.45, 2.75) is 12.5 Å². The summed E-state index contributed by atoms with van der Waals surface area (Å²) in [5, 5.41) is 21.5. The van der Waals surface area contributed by atoms with Gasteiger partial charge in [0.2, 0.25) is 0 Å². The molecule has 1 amide bonds. The first-order chi connectivity index (χ1) is 8.71. The summed E-state index contributed by atoms with van der Waals surface area (Å²) in [6.45, 7) is 1.95. The molecule has 0 spiro atoms. The fraction of sp³-hybridized carbons (Fsp3) is 0.462. The summed E-state index contributed by atoms with van der Waals surface area (Å²) in [5.41, 5.74) is -1.27. The molecule has 1 aromatic carbocycles. The third kappa shape index (κ3) is 4.84. The zero-order chi connectivity index (χ0) is 14.6. The number of rotatable bonds is 5. The number of aromatic hydroxyl groups is 1. The monoisotopic (exact) mass is 270 g/mol. The summed E-state index contributed by atoms with van der Waals surface area (Å²) in [5.74, 6) is -1.67. The average Bonchev–Trinajstić information content (AvgIpc) is 2.24. The van der Waals surface area contributed by atoms with Crippen LogP contribution in [0.5, 0.6) is 5.75 Å². The predicted octanol–water partition coefficient (Wildman–Crippen LogP) is 0.574. The fourth-order valence-electron chi connectivity index (χ4n) is 1.79. The van der Waals surface area contributed by atoms with Gasteiger partial charge in [-0.05, 0) is 33.2 Å². The normalized spacial score (nSPS) is 14.2. The number of carbonyl (C=O) groups is 1. The van der Waals surface area contributed by atoms with Gasteiger partial charge >= 0.3 is 0 Å². The smallest absolute Gasteiger partial charge is 0.254 e. The topological polar surface area (TPSA) is 72.8 Å². The van der Waals surface area contributed by atoms with Crippen LogP contribution in [0, 0.1) is 5.82 Å². The Bertz CT molecular complexity index is 461. The standard InChI is InChI=1S/C13H19FN2O3/c1-13(19,8-16(2)3)7-15-12(18)10-5-4-9(17)6-11(10)14/h4-6,17,19H,7-8H2,1-3H3,(H,15,18). The largest absolute Gasteiger partial charge is 0.508 e. The second-order valence-electron chi connectivity index (χ2n) is 5.08. The first kappa shape index (κ1) is 15.4. The average molecular weight is 270 g/mol. The lowest BCUT2D eigenvalue weighted by Gasteiger charge is -2.27. The number of halogens is 1. The minimum absolute atomic E-state index is 0.00430. The van der Waals surface area contributed by atoms with Crippen molar-refractivity contribution >= 4 is 5.91 Å². The van der Waals surface area contributed by atoms with Gasteiger partial charge in [0.25, 0.3) is 5.91 Å². The van der Waals surface area contributed by atoms with Gasteiger partial charge in [-0.25, -0.2) is 4.39 Å². The van der Waals surface area contributed by atoms with E-state index in [1.165, 1.54) is 12.1 Å². The van der Waals surface area contributed by atoms with Crippen LogP contribution >= 0.6 is 0 Å². The Hall–Kier alpha value is -1.66. The maximum Gasteiger partial charge on any atom is 0.254 e. The van der Waals surface area contributed by atoms with Crippen molar-refractivity contribution in [2.24, 2.45) is 0 Å². The molecule has 1 unspecified atom stereocenters. The third-order valence-electron chi connectivity index (χ3n) is 2.48. The first-order valence-corrected chi connectivity index (χ1v) is 5.85. The molecule has 5 nitrogen and oxygen atoms in total. The molecule has 3 N–H and O–H groups in total. The zero-order valence-corrected chi connectivity index (χ0v) is 11.3. The summed E-state index contributed by atoms with van der Waals surface area (Å²) in [6, 6.07) is 3.30. The van der Waals surface area contributed by atoms with Gasteiger partial charge in [0.15, 0.2) is 0 Å². The minimum atomic E-state index is -1.10. The van der Waals surface area contributed by atoms with Crippen LogP contribution in [0.25, 0.3) is 0 Å². The molecule has 1 aromatic rings. The van der Waals surface area contributed by atoms with Crippen LogP contribution in [0.15, 0.2) is 18.2 Å². The molecule has 0 saturated carbocycles. The van der Waals surface area contributed by atoms with Gasteiger partial charge in [-0.3, -0.25) is 4.79 Å². The van der Waals surface area contributed by atoms with E-state index in [-0.39, 0.29) is 17.9 Å². The highest BCUT2D eigenvalue weighted by Crippen LogP contribution is 2.15. The Labute approximate surface area is 111 Å². The van der Waals surface area contributed by atoms with E-state index in [0.717, 1.165) is 6.07 Å². The predicted molar refractivity (Wildman–Crippen MR) is 69.6 cm³/mol. The van der Waals surface area contributed by atoms with Crippen molar-refractivity contribution in [1.82, 2.24) is 10.2 Å². The second-order valence-corrected chi connectivity index (χ2v) is 5.08. The van der Waals surface area contributed by atoms with Crippen molar-refractivity contribution in [1.29, 1.82) is 0 Å². The molecule has 0 bridgehead atoms. The number of aliphatic hydroxyl groups is 1. The maximum absolute atomic E-state index is 13.4. The molecule has 0 aliphatic carbocycles. The lowest BCUT2D eigenvalue weighted by molar-refractivity contribution is 0.0325. The molecule has 19 heavy (non-hydrogen) atoms. The van der Waals surface area contributed by atoms with Crippen LogP contribution in [-0.2, 0) is 0 Å². The molecule has 1 rings (SSSR count). The van der Waals surface area contributed by atoms with Gasteiger partial charge in [-0.15, -0.1) is 0 Å². The number of carbonyl (C=O) groups excluding carboxylic acids is 1. The van der Waals surface area contributed by atoms with E-state index in [0.29, 0.717) is 6.54 Å². The number of hydrogen-bond donors (Lipinski definition) is 3. The lowest BCUT2D eigenvalue weighted by Crippen LogP contribution is -2.47. The van der Waals surface area contributed by atoms with E-state index in [1.807, 2.05) is 0 Å². The molecule has 0 aliphatic rings. The highest BCUT2D eigenvalue weighted by molar-refractivity contribution is 5.94. The Morgan fingerprint density at radius 2 is 2.11 bits per heavy atom. The molecule has 6 heteroatoms. The molecule has 0 radical (unpaired) electrons. The number of hydrogen-bond acceptors (Lipinski definition) is 4. The van der Waals surface area contributed by atoms with Crippen molar-refractivity contribution in [3.63, 3.8) is 0 Å². The number of phenolic OH excluding ortho intramolecular Hbond substituents is 1. The molecule has 1 atom stereocenters. The fourth-order valence-corrected chi connectivity index (χ4v) is 1.79. The van der Waals surface area contributed by atoms with Gasteiger partial charge in [0, 0.05) is 19.2 Å². The van der Waals surface area contributed by atoms with Crippen LogP contribution < -0.4 is 5.32 Å². The molecule has 106 valence electrons. The van der Waals surface area contributed by atoms with E-state index in [2.05, 4.69) is 5.32 Å². The Morgan fingerprint density at radius 1 is 1.47 bits per heavy atom. The third-order valence-corrected chi connectivity index (χ3v) is 2.48. The highest BCUT2D eigenvalue weighted by atomic mass is 19.1. The molecule has 0 heterocycles. The van der Waals surface area contributed by atoms with E-state index < -0.39 is 17.3 Å². The van der Waals surface area contributed by atoms with Gasteiger partial charge in [0.1, 0.15) is 11.6 Å².